The Hall–Kier alpha value is -2.73. The van der Waals surface area contributed by atoms with Crippen molar-refractivity contribution in [3.63, 3.8) is 0 Å². The van der Waals surface area contributed by atoms with Crippen molar-refractivity contribution in [3.05, 3.63) is 58.1 Å². The normalized spacial score (nSPS) is 10.8. The molecule has 0 amide bonds. The third kappa shape index (κ3) is 4.08. The molecular formula is C19H18ClN3O3. The van der Waals surface area contributed by atoms with Crippen molar-refractivity contribution >= 4 is 28.2 Å². The van der Waals surface area contributed by atoms with Crippen LogP contribution in [0.3, 0.4) is 0 Å². The molecule has 0 atom stereocenters. The van der Waals surface area contributed by atoms with Crippen molar-refractivity contribution in [3.8, 4) is 17.3 Å². The van der Waals surface area contributed by atoms with Crippen molar-refractivity contribution < 1.29 is 9.66 Å². The van der Waals surface area contributed by atoms with Crippen LogP contribution in [0.15, 0.2) is 42.5 Å². The number of alkyl halides is 1. The maximum absolute atomic E-state index is 11.1. The van der Waals surface area contributed by atoms with E-state index in [2.05, 4.69) is 9.97 Å². The quantitative estimate of drug-likeness (QED) is 0.255. The molecule has 134 valence electrons. The second-order valence-electron chi connectivity index (χ2n) is 5.92. The van der Waals surface area contributed by atoms with E-state index >= 15 is 0 Å². The zero-order chi connectivity index (χ0) is 18.5. The summed E-state index contributed by atoms with van der Waals surface area (Å²) in [6.07, 6.45) is 1.61. The molecule has 3 rings (SSSR count). The van der Waals surface area contributed by atoms with Gasteiger partial charge >= 0.3 is 0 Å². The minimum Gasteiger partial charge on any atom is -0.477 e. The highest BCUT2D eigenvalue weighted by Crippen LogP contribution is 2.29. The van der Waals surface area contributed by atoms with Crippen LogP contribution < -0.4 is 4.74 Å². The lowest BCUT2D eigenvalue weighted by Crippen LogP contribution is -2.03. The number of aryl methyl sites for hydroxylation is 1. The predicted octanol–water partition coefficient (Wildman–Crippen LogP) is 4.91. The summed E-state index contributed by atoms with van der Waals surface area (Å²) in [5.41, 5.74) is 2.59. The number of aromatic nitrogens is 2. The Kier molecular flexibility index (Phi) is 5.63. The van der Waals surface area contributed by atoms with Gasteiger partial charge in [-0.05, 0) is 25.8 Å². The Balaban J connectivity index is 2.05. The molecule has 0 N–H and O–H groups in total. The number of nitrogens with zero attached hydrogens (tertiary/aromatic N) is 3. The Morgan fingerprint density at radius 2 is 1.88 bits per heavy atom. The summed E-state index contributed by atoms with van der Waals surface area (Å²) in [5, 5.41) is 11.6. The van der Waals surface area contributed by atoms with Crippen LogP contribution in [-0.2, 0) is 0 Å². The average molecular weight is 372 g/mol. The van der Waals surface area contributed by atoms with Crippen LogP contribution in [0.4, 0.5) is 5.69 Å². The molecule has 0 saturated heterocycles. The van der Waals surface area contributed by atoms with Crippen LogP contribution in [0.2, 0.25) is 0 Å². The number of nitro benzene ring substituents is 1. The van der Waals surface area contributed by atoms with E-state index in [-0.39, 0.29) is 5.69 Å². The van der Waals surface area contributed by atoms with E-state index in [9.17, 15) is 10.1 Å². The van der Waals surface area contributed by atoms with Crippen LogP contribution in [0.1, 0.15) is 18.4 Å². The molecule has 0 aliphatic heterocycles. The molecule has 26 heavy (non-hydrogen) atoms. The largest absolute Gasteiger partial charge is 0.477 e. The standard InChI is InChI=1S/C19H18ClN3O3/c1-13-4-6-14(7-5-13)18-21-17-9-8-15(23(24)25)12-16(17)19(22-18)26-11-3-2-10-20/h4-9,12H,2-3,10-11H2,1H3. The van der Waals surface area contributed by atoms with Crippen molar-refractivity contribution in [1.82, 2.24) is 9.97 Å². The number of rotatable bonds is 7. The van der Waals surface area contributed by atoms with Gasteiger partial charge < -0.3 is 4.74 Å². The SMILES string of the molecule is Cc1ccc(-c2nc(OCCCCCl)c3cc([N+](=O)[O-])ccc3n2)cc1. The third-order valence-electron chi connectivity index (χ3n) is 3.93. The zero-order valence-electron chi connectivity index (χ0n) is 14.3. The summed E-state index contributed by atoms with van der Waals surface area (Å²) < 4.78 is 5.81. The molecule has 7 heteroatoms. The lowest BCUT2D eigenvalue weighted by atomic mass is 10.1. The molecule has 0 unspecified atom stereocenters. The second kappa shape index (κ2) is 8.10. The number of hydrogen-bond donors (Lipinski definition) is 0. The zero-order valence-corrected chi connectivity index (χ0v) is 15.1. The Morgan fingerprint density at radius 3 is 2.58 bits per heavy atom. The first kappa shape index (κ1) is 18.1. The van der Waals surface area contributed by atoms with Gasteiger partial charge in [0.25, 0.3) is 5.69 Å². The number of non-ortho nitro benzene ring substituents is 1. The van der Waals surface area contributed by atoms with Gasteiger partial charge in [-0.2, -0.15) is 4.98 Å². The Morgan fingerprint density at radius 1 is 1.12 bits per heavy atom. The Bertz CT molecular complexity index is 929. The van der Waals surface area contributed by atoms with Gasteiger partial charge in [0.05, 0.1) is 22.4 Å². The van der Waals surface area contributed by atoms with Gasteiger partial charge in [0.1, 0.15) is 0 Å². The molecule has 0 fully saturated rings. The number of nitro groups is 1. The van der Waals surface area contributed by atoms with Crippen LogP contribution in [0.25, 0.3) is 22.3 Å². The molecule has 0 spiro atoms. The van der Waals surface area contributed by atoms with Gasteiger partial charge in [-0.25, -0.2) is 4.98 Å². The first-order valence-electron chi connectivity index (χ1n) is 8.30. The van der Waals surface area contributed by atoms with Crippen LogP contribution >= 0.6 is 11.6 Å². The minimum absolute atomic E-state index is 0.0187. The van der Waals surface area contributed by atoms with Gasteiger partial charge in [0.15, 0.2) is 5.82 Å². The summed E-state index contributed by atoms with van der Waals surface area (Å²) in [4.78, 5) is 19.7. The van der Waals surface area contributed by atoms with E-state index in [1.807, 2.05) is 31.2 Å². The molecule has 1 aromatic heterocycles. The highest BCUT2D eigenvalue weighted by atomic mass is 35.5. The lowest BCUT2D eigenvalue weighted by molar-refractivity contribution is -0.384. The van der Waals surface area contributed by atoms with E-state index in [0.717, 1.165) is 24.0 Å². The van der Waals surface area contributed by atoms with Crippen LogP contribution in [-0.4, -0.2) is 27.4 Å². The molecule has 3 aromatic rings. The topological polar surface area (TPSA) is 78.2 Å². The monoisotopic (exact) mass is 371 g/mol. The summed E-state index contributed by atoms with van der Waals surface area (Å²) >= 11 is 5.70. The number of ether oxygens (including phenoxy) is 1. The summed E-state index contributed by atoms with van der Waals surface area (Å²) in [5.74, 6) is 1.44. The van der Waals surface area contributed by atoms with E-state index in [1.165, 1.54) is 12.1 Å². The van der Waals surface area contributed by atoms with Crippen LogP contribution in [0.5, 0.6) is 5.88 Å². The molecule has 0 aliphatic rings. The average Bonchev–Trinajstić information content (AvgIpc) is 2.65. The van der Waals surface area contributed by atoms with Crippen molar-refractivity contribution in [2.45, 2.75) is 19.8 Å². The molecule has 0 saturated carbocycles. The Labute approximate surface area is 156 Å². The predicted molar refractivity (Wildman–Crippen MR) is 102 cm³/mol. The van der Waals surface area contributed by atoms with Gasteiger partial charge in [0.2, 0.25) is 5.88 Å². The molecule has 1 heterocycles. The van der Waals surface area contributed by atoms with Crippen molar-refractivity contribution in [2.75, 3.05) is 12.5 Å². The first-order chi connectivity index (χ1) is 12.6. The summed E-state index contributed by atoms with van der Waals surface area (Å²) in [6, 6.07) is 12.4. The lowest BCUT2D eigenvalue weighted by Gasteiger charge is -2.10. The molecular weight excluding hydrogens is 354 g/mol. The number of unbranched alkanes of at least 4 members (excludes halogenated alkanes) is 1. The molecule has 2 aromatic carbocycles. The maximum Gasteiger partial charge on any atom is 0.270 e. The fraction of sp³-hybridized carbons (Fsp3) is 0.263. The van der Waals surface area contributed by atoms with E-state index in [4.69, 9.17) is 16.3 Å². The molecule has 0 bridgehead atoms. The van der Waals surface area contributed by atoms with Crippen molar-refractivity contribution in [2.24, 2.45) is 0 Å². The van der Waals surface area contributed by atoms with Crippen molar-refractivity contribution in [1.29, 1.82) is 0 Å². The highest BCUT2D eigenvalue weighted by molar-refractivity contribution is 6.17. The first-order valence-corrected chi connectivity index (χ1v) is 8.84. The third-order valence-corrected chi connectivity index (χ3v) is 4.20. The number of fused-ring (bicyclic) bond motifs is 1. The maximum atomic E-state index is 11.1. The van der Waals surface area contributed by atoms with Gasteiger partial charge in [-0.15, -0.1) is 11.6 Å². The summed E-state index contributed by atoms with van der Waals surface area (Å²) in [6.45, 7) is 2.45. The van der Waals surface area contributed by atoms with Gasteiger partial charge in [-0.1, -0.05) is 29.8 Å². The number of hydrogen-bond acceptors (Lipinski definition) is 5. The number of benzene rings is 2. The molecule has 0 aliphatic carbocycles. The minimum atomic E-state index is -0.440. The second-order valence-corrected chi connectivity index (χ2v) is 6.30. The molecule has 0 radical (unpaired) electrons. The van der Waals surface area contributed by atoms with E-state index in [0.29, 0.717) is 35.1 Å². The molecule has 6 nitrogen and oxygen atoms in total. The fourth-order valence-corrected chi connectivity index (χ4v) is 2.70. The van der Waals surface area contributed by atoms with Gasteiger partial charge in [-0.3, -0.25) is 10.1 Å². The van der Waals surface area contributed by atoms with E-state index < -0.39 is 4.92 Å². The fourth-order valence-electron chi connectivity index (χ4n) is 2.51. The highest BCUT2D eigenvalue weighted by Gasteiger charge is 2.15. The summed E-state index contributed by atoms with van der Waals surface area (Å²) in [7, 11) is 0. The van der Waals surface area contributed by atoms with Gasteiger partial charge in [0, 0.05) is 23.6 Å². The number of halogens is 1. The smallest absolute Gasteiger partial charge is 0.270 e. The van der Waals surface area contributed by atoms with E-state index in [1.54, 1.807) is 6.07 Å². The van der Waals surface area contributed by atoms with Crippen LogP contribution in [0, 0.1) is 17.0 Å².